The van der Waals surface area contributed by atoms with Gasteiger partial charge in [0.15, 0.2) is 0 Å². The molecule has 1 fully saturated rings. The van der Waals surface area contributed by atoms with Gasteiger partial charge in [0.05, 0.1) is 0 Å². The van der Waals surface area contributed by atoms with Gasteiger partial charge in [0.1, 0.15) is 0 Å². The Bertz CT molecular complexity index is 677. The second-order valence-electron chi connectivity index (χ2n) is 6.23. The van der Waals surface area contributed by atoms with E-state index < -0.39 is 0 Å². The van der Waals surface area contributed by atoms with E-state index in [1.54, 1.807) is 12.4 Å². The lowest BCUT2D eigenvalue weighted by molar-refractivity contribution is 0.0343. The fourth-order valence-electron chi connectivity index (χ4n) is 2.19. The standard InChI is InChI=1S/C18H18BNO2/c1-18(2)13-21-19(22-14-18)17-9-7-15(8-10-17)5-6-16-4-3-11-20-12-16/h3-4,7-12H,13-14H2,1-2H3. The number of hydrogen-bond donors (Lipinski definition) is 0. The first-order valence-corrected chi connectivity index (χ1v) is 7.38. The van der Waals surface area contributed by atoms with Crippen LogP contribution in [0.2, 0.25) is 0 Å². The van der Waals surface area contributed by atoms with Crippen molar-refractivity contribution in [2.45, 2.75) is 13.8 Å². The smallest absolute Gasteiger partial charge is 0.407 e. The van der Waals surface area contributed by atoms with Gasteiger partial charge in [0.25, 0.3) is 0 Å². The van der Waals surface area contributed by atoms with Gasteiger partial charge < -0.3 is 9.31 Å². The molecule has 110 valence electrons. The summed E-state index contributed by atoms with van der Waals surface area (Å²) >= 11 is 0. The molecule has 22 heavy (non-hydrogen) atoms. The third-order valence-corrected chi connectivity index (χ3v) is 3.45. The Morgan fingerprint density at radius 2 is 1.68 bits per heavy atom. The summed E-state index contributed by atoms with van der Waals surface area (Å²) in [6.07, 6.45) is 3.50. The summed E-state index contributed by atoms with van der Waals surface area (Å²) in [7, 11) is -0.270. The molecule has 0 bridgehead atoms. The van der Waals surface area contributed by atoms with Crippen LogP contribution >= 0.6 is 0 Å². The average Bonchev–Trinajstić information content (AvgIpc) is 2.55. The summed E-state index contributed by atoms with van der Waals surface area (Å²) in [6.45, 7) is 5.70. The van der Waals surface area contributed by atoms with E-state index in [-0.39, 0.29) is 12.5 Å². The molecule has 0 amide bonds. The Hall–Kier alpha value is -2.09. The molecular formula is C18H18BNO2. The van der Waals surface area contributed by atoms with Gasteiger partial charge in [-0.3, -0.25) is 4.98 Å². The van der Waals surface area contributed by atoms with Crippen LogP contribution in [0.25, 0.3) is 0 Å². The average molecular weight is 291 g/mol. The molecular weight excluding hydrogens is 273 g/mol. The lowest BCUT2D eigenvalue weighted by Crippen LogP contribution is -2.47. The highest BCUT2D eigenvalue weighted by molar-refractivity contribution is 6.61. The molecule has 0 N–H and O–H groups in total. The minimum Gasteiger partial charge on any atom is -0.407 e. The molecule has 2 heterocycles. The van der Waals surface area contributed by atoms with Gasteiger partial charge in [-0.1, -0.05) is 37.8 Å². The Kier molecular flexibility index (Phi) is 4.28. The van der Waals surface area contributed by atoms with Gasteiger partial charge in [-0.15, -0.1) is 0 Å². The SMILES string of the molecule is CC1(C)COB(c2ccc(C#Cc3cccnc3)cc2)OC1. The summed E-state index contributed by atoms with van der Waals surface area (Å²) in [4.78, 5) is 4.05. The zero-order valence-corrected chi connectivity index (χ0v) is 12.9. The molecule has 0 spiro atoms. The molecule has 0 radical (unpaired) electrons. The zero-order valence-electron chi connectivity index (χ0n) is 12.9. The molecule has 1 aromatic heterocycles. The molecule has 1 aliphatic rings. The highest BCUT2D eigenvalue weighted by atomic mass is 16.6. The van der Waals surface area contributed by atoms with Crippen molar-refractivity contribution in [3.05, 3.63) is 59.9 Å². The third-order valence-electron chi connectivity index (χ3n) is 3.45. The van der Waals surface area contributed by atoms with Crippen LogP contribution in [0.1, 0.15) is 25.0 Å². The maximum Gasteiger partial charge on any atom is 0.493 e. The van der Waals surface area contributed by atoms with Crippen LogP contribution in [-0.2, 0) is 9.31 Å². The number of pyridine rings is 1. The van der Waals surface area contributed by atoms with Gasteiger partial charge in [-0.05, 0) is 29.7 Å². The number of rotatable bonds is 1. The van der Waals surface area contributed by atoms with Crippen molar-refractivity contribution >= 4 is 12.6 Å². The minimum absolute atomic E-state index is 0.0889. The molecule has 0 saturated carbocycles. The normalized spacial score (nSPS) is 16.7. The Morgan fingerprint density at radius 1 is 1.00 bits per heavy atom. The number of benzene rings is 1. The molecule has 3 rings (SSSR count). The van der Waals surface area contributed by atoms with Crippen LogP contribution in [0.3, 0.4) is 0 Å². The number of hydrogen-bond acceptors (Lipinski definition) is 3. The fourth-order valence-corrected chi connectivity index (χ4v) is 2.19. The Balaban J connectivity index is 1.68. The highest BCUT2D eigenvalue weighted by Gasteiger charge is 2.33. The number of nitrogens with zero attached hydrogens (tertiary/aromatic N) is 1. The van der Waals surface area contributed by atoms with Gasteiger partial charge in [-0.2, -0.15) is 0 Å². The van der Waals surface area contributed by atoms with Gasteiger partial charge in [0, 0.05) is 42.1 Å². The van der Waals surface area contributed by atoms with E-state index in [1.165, 1.54) is 0 Å². The van der Waals surface area contributed by atoms with Crippen molar-refractivity contribution < 1.29 is 9.31 Å². The van der Waals surface area contributed by atoms with Crippen LogP contribution in [0.4, 0.5) is 0 Å². The summed E-state index contributed by atoms with van der Waals surface area (Å²) < 4.78 is 11.6. The van der Waals surface area contributed by atoms with Gasteiger partial charge >= 0.3 is 7.12 Å². The lowest BCUT2D eigenvalue weighted by atomic mass is 9.76. The molecule has 1 aromatic carbocycles. The van der Waals surface area contributed by atoms with Gasteiger partial charge in [0.2, 0.25) is 0 Å². The summed E-state index contributed by atoms with van der Waals surface area (Å²) in [5, 5.41) is 0. The monoisotopic (exact) mass is 291 g/mol. The van der Waals surface area contributed by atoms with Crippen LogP contribution in [0.5, 0.6) is 0 Å². The predicted molar refractivity (Wildman–Crippen MR) is 87.7 cm³/mol. The first-order chi connectivity index (χ1) is 10.6. The summed E-state index contributed by atoms with van der Waals surface area (Å²) in [6, 6.07) is 11.8. The van der Waals surface area contributed by atoms with Crippen molar-refractivity contribution in [3.63, 3.8) is 0 Å². The fraction of sp³-hybridized carbons (Fsp3) is 0.278. The zero-order chi connectivity index (χ0) is 15.4. The van der Waals surface area contributed by atoms with E-state index in [0.29, 0.717) is 13.2 Å². The lowest BCUT2D eigenvalue weighted by Gasteiger charge is -2.33. The third kappa shape index (κ3) is 3.76. The van der Waals surface area contributed by atoms with Crippen molar-refractivity contribution in [1.82, 2.24) is 4.98 Å². The van der Waals surface area contributed by atoms with E-state index >= 15 is 0 Å². The van der Waals surface area contributed by atoms with Crippen LogP contribution in [-0.4, -0.2) is 25.3 Å². The van der Waals surface area contributed by atoms with E-state index in [2.05, 4.69) is 30.7 Å². The van der Waals surface area contributed by atoms with Gasteiger partial charge in [-0.25, -0.2) is 0 Å². The largest absolute Gasteiger partial charge is 0.493 e. The molecule has 2 aromatic rings. The Morgan fingerprint density at radius 3 is 2.32 bits per heavy atom. The summed E-state index contributed by atoms with van der Waals surface area (Å²) in [5.74, 6) is 6.23. The highest BCUT2D eigenvalue weighted by Crippen LogP contribution is 2.21. The molecule has 4 heteroatoms. The van der Waals surface area contributed by atoms with E-state index in [9.17, 15) is 0 Å². The quantitative estimate of drug-likeness (QED) is 0.596. The van der Waals surface area contributed by atoms with Crippen LogP contribution in [0, 0.1) is 17.3 Å². The Labute approximate surface area is 131 Å². The topological polar surface area (TPSA) is 31.4 Å². The maximum atomic E-state index is 5.78. The summed E-state index contributed by atoms with van der Waals surface area (Å²) in [5.41, 5.74) is 2.99. The first-order valence-electron chi connectivity index (χ1n) is 7.38. The molecule has 0 atom stereocenters. The molecule has 0 unspecified atom stereocenters. The van der Waals surface area contributed by atoms with Crippen molar-refractivity contribution in [2.24, 2.45) is 5.41 Å². The predicted octanol–water partition coefficient (Wildman–Crippen LogP) is 2.25. The van der Waals surface area contributed by atoms with Crippen LogP contribution in [0.15, 0.2) is 48.8 Å². The molecule has 3 nitrogen and oxygen atoms in total. The van der Waals surface area contributed by atoms with E-state index in [4.69, 9.17) is 9.31 Å². The van der Waals surface area contributed by atoms with Crippen molar-refractivity contribution in [3.8, 4) is 11.8 Å². The second kappa shape index (κ2) is 6.35. The maximum absolute atomic E-state index is 5.78. The molecule has 1 aliphatic heterocycles. The van der Waals surface area contributed by atoms with Crippen molar-refractivity contribution in [1.29, 1.82) is 0 Å². The van der Waals surface area contributed by atoms with Crippen LogP contribution < -0.4 is 5.46 Å². The molecule has 0 aliphatic carbocycles. The number of aromatic nitrogens is 1. The van der Waals surface area contributed by atoms with E-state index in [1.807, 2.05) is 36.4 Å². The van der Waals surface area contributed by atoms with Crippen molar-refractivity contribution in [2.75, 3.05) is 13.2 Å². The van der Waals surface area contributed by atoms with E-state index in [0.717, 1.165) is 16.6 Å². The first kappa shape index (κ1) is 14.8. The molecule has 1 saturated heterocycles. The minimum atomic E-state index is -0.270. The second-order valence-corrected chi connectivity index (χ2v) is 6.23.